The lowest BCUT2D eigenvalue weighted by Gasteiger charge is -2.29. The minimum absolute atomic E-state index is 0.0461. The van der Waals surface area contributed by atoms with Crippen molar-refractivity contribution in [2.24, 2.45) is 23.9 Å². The molecule has 1 unspecified atom stereocenters. The molecular weight excluding hydrogens is 350 g/mol. The number of nitrogens with one attached hydrogen (secondary N) is 1. The van der Waals surface area contributed by atoms with Gasteiger partial charge in [0.1, 0.15) is 0 Å². The summed E-state index contributed by atoms with van der Waals surface area (Å²) >= 11 is 0. The zero-order valence-corrected chi connectivity index (χ0v) is 16.3. The van der Waals surface area contributed by atoms with E-state index in [2.05, 4.69) is 24.2 Å². The fourth-order valence-electron chi connectivity index (χ4n) is 3.93. The van der Waals surface area contributed by atoms with Gasteiger partial charge in [0.25, 0.3) is 5.91 Å². The van der Waals surface area contributed by atoms with Gasteiger partial charge in [-0.3, -0.25) is 9.59 Å². The summed E-state index contributed by atoms with van der Waals surface area (Å²) in [7, 11) is 1.97. The van der Waals surface area contributed by atoms with E-state index in [1.54, 1.807) is 12.2 Å². The highest BCUT2D eigenvalue weighted by molar-refractivity contribution is 6.11. The lowest BCUT2D eigenvalue weighted by molar-refractivity contribution is -0.117. The summed E-state index contributed by atoms with van der Waals surface area (Å²) in [6.07, 6.45) is 9.57. The molecule has 0 bridgehead atoms. The Balaban J connectivity index is 1.57. The van der Waals surface area contributed by atoms with Crippen molar-refractivity contribution in [2.45, 2.75) is 20.3 Å². The van der Waals surface area contributed by atoms with Crippen LogP contribution in [0.5, 0.6) is 0 Å². The quantitative estimate of drug-likeness (QED) is 0.895. The Bertz CT molecular complexity index is 1100. The minimum atomic E-state index is -0.201. The first-order chi connectivity index (χ1) is 13.4. The molecule has 0 radical (unpaired) electrons. The van der Waals surface area contributed by atoms with Crippen molar-refractivity contribution in [2.75, 3.05) is 0 Å². The average Bonchev–Trinajstić information content (AvgIpc) is 2.96. The van der Waals surface area contributed by atoms with Crippen molar-refractivity contribution in [3.63, 3.8) is 0 Å². The number of rotatable bonds is 3. The van der Waals surface area contributed by atoms with Gasteiger partial charge in [0.15, 0.2) is 0 Å². The standard InChI is InChI=1S/C23H23N3O2/c1-14(2)19-12-23(28)25-20-11-16(8-9-18(19)20)24-22(27)10-15-13-26(3)21-7-5-4-6-17(15)21/h4-9,11-14,18H,10H2,1-3H3,(H,25,28). The lowest BCUT2D eigenvalue weighted by Crippen LogP contribution is -2.34. The molecule has 1 N–H and O–H groups in total. The molecule has 1 aromatic carbocycles. The maximum Gasteiger partial charge on any atom is 0.250 e. The number of benzene rings is 1. The van der Waals surface area contributed by atoms with Crippen LogP contribution in [-0.4, -0.2) is 22.1 Å². The van der Waals surface area contributed by atoms with Gasteiger partial charge in [-0.25, -0.2) is 4.99 Å². The van der Waals surface area contributed by atoms with Crippen LogP contribution in [0.1, 0.15) is 19.4 Å². The second-order valence-electron chi connectivity index (χ2n) is 7.61. The molecule has 2 aromatic rings. The summed E-state index contributed by atoms with van der Waals surface area (Å²) in [6.45, 7) is 4.15. The Kier molecular flexibility index (Phi) is 4.59. The van der Waals surface area contributed by atoms with Crippen LogP contribution in [0.2, 0.25) is 0 Å². The predicted octanol–water partition coefficient (Wildman–Crippen LogP) is 3.47. The molecule has 5 nitrogen and oxygen atoms in total. The zero-order chi connectivity index (χ0) is 19.8. The molecule has 2 amide bonds. The number of para-hydroxylation sites is 1. The fourth-order valence-corrected chi connectivity index (χ4v) is 3.93. The van der Waals surface area contributed by atoms with Crippen LogP contribution in [0.4, 0.5) is 0 Å². The van der Waals surface area contributed by atoms with E-state index in [4.69, 9.17) is 0 Å². The molecule has 2 heterocycles. The number of carbonyl (C=O) groups is 2. The van der Waals surface area contributed by atoms with Crippen LogP contribution in [-0.2, 0) is 23.1 Å². The van der Waals surface area contributed by atoms with Gasteiger partial charge in [0.2, 0.25) is 5.91 Å². The summed E-state index contributed by atoms with van der Waals surface area (Å²) in [5, 5.41) is 3.95. The smallest absolute Gasteiger partial charge is 0.250 e. The van der Waals surface area contributed by atoms with Crippen molar-refractivity contribution in [1.82, 2.24) is 9.88 Å². The first kappa shape index (κ1) is 18.2. The Morgan fingerprint density at radius 3 is 2.82 bits per heavy atom. The monoisotopic (exact) mass is 373 g/mol. The van der Waals surface area contributed by atoms with Gasteiger partial charge < -0.3 is 9.88 Å². The number of nitrogens with zero attached hydrogens (tertiary/aromatic N) is 2. The van der Waals surface area contributed by atoms with Gasteiger partial charge in [-0.05, 0) is 35.3 Å². The van der Waals surface area contributed by atoms with Gasteiger partial charge in [-0.1, -0.05) is 38.1 Å². The second-order valence-corrected chi connectivity index (χ2v) is 7.61. The van der Waals surface area contributed by atoms with Crippen LogP contribution in [0, 0.1) is 11.8 Å². The van der Waals surface area contributed by atoms with Crippen LogP contribution in [0.15, 0.2) is 71.0 Å². The summed E-state index contributed by atoms with van der Waals surface area (Å²) in [6, 6.07) is 8.02. The number of aryl methyl sites for hydroxylation is 1. The van der Waals surface area contributed by atoms with E-state index in [0.717, 1.165) is 27.7 Å². The topological polar surface area (TPSA) is 63.5 Å². The van der Waals surface area contributed by atoms with Gasteiger partial charge >= 0.3 is 0 Å². The largest absolute Gasteiger partial charge is 0.350 e. The molecule has 2 aliphatic rings. The van der Waals surface area contributed by atoms with Gasteiger partial charge in [-0.15, -0.1) is 0 Å². The van der Waals surface area contributed by atoms with E-state index in [9.17, 15) is 9.59 Å². The molecule has 1 atom stereocenters. The van der Waals surface area contributed by atoms with Crippen molar-refractivity contribution in [1.29, 1.82) is 0 Å². The van der Waals surface area contributed by atoms with E-state index in [-0.39, 0.29) is 30.1 Å². The number of fused-ring (bicyclic) bond motifs is 2. The van der Waals surface area contributed by atoms with Gasteiger partial charge in [0, 0.05) is 41.8 Å². The van der Waals surface area contributed by atoms with E-state index in [1.165, 1.54) is 0 Å². The maximum atomic E-state index is 12.6. The van der Waals surface area contributed by atoms with Crippen LogP contribution >= 0.6 is 0 Å². The van der Waals surface area contributed by atoms with E-state index >= 15 is 0 Å². The second kappa shape index (κ2) is 7.08. The molecule has 1 aliphatic carbocycles. The first-order valence-electron chi connectivity index (χ1n) is 9.49. The van der Waals surface area contributed by atoms with Crippen molar-refractivity contribution < 1.29 is 9.59 Å². The average molecular weight is 373 g/mol. The van der Waals surface area contributed by atoms with Crippen molar-refractivity contribution in [3.05, 3.63) is 71.6 Å². The minimum Gasteiger partial charge on any atom is -0.350 e. The maximum absolute atomic E-state index is 12.6. The van der Waals surface area contributed by atoms with Crippen LogP contribution in [0.25, 0.3) is 10.9 Å². The number of allylic oxidation sites excluding steroid dienone is 3. The highest BCUT2D eigenvalue weighted by atomic mass is 16.2. The van der Waals surface area contributed by atoms with Gasteiger partial charge in [-0.2, -0.15) is 0 Å². The zero-order valence-electron chi connectivity index (χ0n) is 16.3. The third-order valence-electron chi connectivity index (χ3n) is 5.26. The SMILES string of the molecule is CC(C)C1=CC(=O)NC2=CC(=NC(=O)Cc3cn(C)c4ccccc34)C=CC21. The Morgan fingerprint density at radius 2 is 2.04 bits per heavy atom. The van der Waals surface area contributed by atoms with Gasteiger partial charge in [0.05, 0.1) is 12.1 Å². The Morgan fingerprint density at radius 1 is 1.25 bits per heavy atom. The van der Waals surface area contributed by atoms with E-state index < -0.39 is 0 Å². The first-order valence-corrected chi connectivity index (χ1v) is 9.49. The molecule has 4 rings (SSSR count). The Labute approximate surface area is 164 Å². The third kappa shape index (κ3) is 3.36. The third-order valence-corrected chi connectivity index (χ3v) is 5.26. The summed E-state index contributed by atoms with van der Waals surface area (Å²) in [5.74, 6) is -0.00334. The molecule has 1 aromatic heterocycles. The molecule has 28 heavy (non-hydrogen) atoms. The molecule has 0 fully saturated rings. The summed E-state index contributed by atoms with van der Waals surface area (Å²) in [5.41, 5.74) is 4.50. The molecular formula is C23H23N3O2. The fraction of sp³-hybridized carbons (Fsp3) is 0.261. The number of aliphatic imine (C=N–C) groups is 1. The van der Waals surface area contributed by atoms with E-state index in [1.807, 2.05) is 54.2 Å². The molecule has 0 saturated carbocycles. The molecule has 5 heteroatoms. The summed E-state index contributed by atoms with van der Waals surface area (Å²) < 4.78 is 2.02. The molecule has 142 valence electrons. The van der Waals surface area contributed by atoms with E-state index in [0.29, 0.717) is 5.71 Å². The normalized spacial score (nSPS) is 20.2. The van der Waals surface area contributed by atoms with Crippen molar-refractivity contribution in [3.8, 4) is 0 Å². The number of aromatic nitrogens is 1. The molecule has 0 spiro atoms. The Hall–Kier alpha value is -3.21. The molecule has 0 saturated heterocycles. The predicted molar refractivity (Wildman–Crippen MR) is 111 cm³/mol. The van der Waals surface area contributed by atoms with Crippen molar-refractivity contribution >= 4 is 28.4 Å². The highest BCUT2D eigenvalue weighted by Gasteiger charge is 2.27. The van der Waals surface area contributed by atoms with Crippen LogP contribution < -0.4 is 5.32 Å². The lowest BCUT2D eigenvalue weighted by atomic mass is 9.82. The number of amides is 2. The van der Waals surface area contributed by atoms with Crippen LogP contribution in [0.3, 0.4) is 0 Å². The number of hydrogen-bond acceptors (Lipinski definition) is 2. The number of carbonyl (C=O) groups excluding carboxylic acids is 2. The number of hydrogen-bond donors (Lipinski definition) is 1. The molecule has 1 aliphatic heterocycles. The highest BCUT2D eigenvalue weighted by Crippen LogP contribution is 2.31. The summed E-state index contributed by atoms with van der Waals surface area (Å²) in [4.78, 5) is 28.8.